The fourth-order valence-corrected chi connectivity index (χ4v) is 1.16. The Bertz CT molecular complexity index is 426. The Balaban J connectivity index is 2.50. The third-order valence-electron chi connectivity index (χ3n) is 1.85. The molecule has 84 valence electrons. The van der Waals surface area contributed by atoms with E-state index in [0.717, 1.165) is 5.56 Å². The molecule has 0 atom stereocenters. The highest BCUT2D eigenvalue weighted by Crippen LogP contribution is 2.20. The predicted molar refractivity (Wildman–Crippen MR) is 60.4 cm³/mol. The second kappa shape index (κ2) is 5.99. The molecule has 16 heavy (non-hydrogen) atoms. The molecule has 0 saturated carbocycles. The first kappa shape index (κ1) is 12.3. The molecule has 0 bridgehead atoms. The van der Waals surface area contributed by atoms with Gasteiger partial charge < -0.3 is 10.1 Å². The van der Waals surface area contributed by atoms with Crippen LogP contribution in [0.1, 0.15) is 12.0 Å². The topological polar surface area (TPSA) is 62.1 Å². The van der Waals surface area contributed by atoms with E-state index in [2.05, 4.69) is 5.32 Å². The average molecular weight is 239 g/mol. The number of carbonyl (C=O) groups is 1. The molecule has 0 radical (unpaired) electrons. The quantitative estimate of drug-likeness (QED) is 0.824. The normalized spacial score (nSPS) is 9.31. The van der Waals surface area contributed by atoms with Crippen molar-refractivity contribution in [2.75, 3.05) is 6.54 Å². The number of benzene rings is 1. The smallest absolute Gasteiger partial charge is 0.410 e. The van der Waals surface area contributed by atoms with Gasteiger partial charge in [-0.25, -0.2) is 4.79 Å². The van der Waals surface area contributed by atoms with Gasteiger partial charge in [0, 0.05) is 11.6 Å². The molecule has 0 spiro atoms. The number of carbonyl (C=O) groups excluding carboxylic acids is 1. The summed E-state index contributed by atoms with van der Waals surface area (Å²) >= 11 is 5.83. The van der Waals surface area contributed by atoms with E-state index >= 15 is 0 Å². The van der Waals surface area contributed by atoms with Crippen LogP contribution < -0.4 is 10.1 Å². The van der Waals surface area contributed by atoms with Crippen LogP contribution in [0.5, 0.6) is 5.75 Å². The number of hydrogen-bond acceptors (Lipinski definition) is 3. The molecule has 0 aromatic heterocycles. The zero-order chi connectivity index (χ0) is 12.0. The number of nitrogens with zero attached hydrogens (tertiary/aromatic N) is 1. The number of nitrogens with one attached hydrogen (secondary N) is 1. The first-order chi connectivity index (χ1) is 7.63. The Morgan fingerprint density at radius 1 is 1.62 bits per heavy atom. The molecule has 5 heteroatoms. The average Bonchev–Trinajstić information content (AvgIpc) is 2.24. The lowest BCUT2D eigenvalue weighted by atomic mass is 10.2. The Morgan fingerprint density at radius 2 is 2.38 bits per heavy atom. The monoisotopic (exact) mass is 238 g/mol. The van der Waals surface area contributed by atoms with E-state index in [1.807, 2.05) is 13.0 Å². The van der Waals surface area contributed by atoms with E-state index in [0.29, 0.717) is 10.8 Å². The number of aryl methyl sites for hydroxylation is 1. The first-order valence-electron chi connectivity index (χ1n) is 4.72. The van der Waals surface area contributed by atoms with Crippen molar-refractivity contribution in [3.63, 3.8) is 0 Å². The summed E-state index contributed by atoms with van der Waals surface area (Å²) in [5.74, 6) is 0.427. The molecule has 4 nitrogen and oxygen atoms in total. The summed E-state index contributed by atoms with van der Waals surface area (Å²) in [5, 5.41) is 11.4. The third kappa shape index (κ3) is 3.79. The van der Waals surface area contributed by atoms with Gasteiger partial charge in [0.1, 0.15) is 5.75 Å². The Labute approximate surface area is 98.8 Å². The van der Waals surface area contributed by atoms with Crippen LogP contribution >= 0.6 is 11.6 Å². The maximum Gasteiger partial charge on any atom is 0.412 e. The van der Waals surface area contributed by atoms with Crippen molar-refractivity contribution < 1.29 is 9.53 Å². The minimum Gasteiger partial charge on any atom is -0.410 e. The molecule has 1 N–H and O–H groups in total. The molecular weight excluding hydrogens is 228 g/mol. The number of amides is 1. The zero-order valence-corrected chi connectivity index (χ0v) is 9.54. The van der Waals surface area contributed by atoms with Gasteiger partial charge in [0.25, 0.3) is 0 Å². The van der Waals surface area contributed by atoms with Gasteiger partial charge in [-0.3, -0.25) is 0 Å². The summed E-state index contributed by atoms with van der Waals surface area (Å²) in [6, 6.07) is 6.86. The molecule has 1 amide bonds. The summed E-state index contributed by atoms with van der Waals surface area (Å²) in [7, 11) is 0. The third-order valence-corrected chi connectivity index (χ3v) is 2.27. The summed E-state index contributed by atoms with van der Waals surface area (Å²) < 4.78 is 4.98. The molecule has 0 heterocycles. The van der Waals surface area contributed by atoms with E-state index in [9.17, 15) is 4.79 Å². The molecular formula is C11H11ClN2O2. The van der Waals surface area contributed by atoms with E-state index in [1.54, 1.807) is 18.2 Å². The minimum atomic E-state index is -0.572. The van der Waals surface area contributed by atoms with Crippen molar-refractivity contribution in [1.82, 2.24) is 5.32 Å². The van der Waals surface area contributed by atoms with E-state index in [1.165, 1.54) is 0 Å². The van der Waals surface area contributed by atoms with Crippen LogP contribution in [0.25, 0.3) is 0 Å². The van der Waals surface area contributed by atoms with Gasteiger partial charge in [-0.05, 0) is 30.7 Å². The van der Waals surface area contributed by atoms with Crippen molar-refractivity contribution in [1.29, 1.82) is 5.26 Å². The van der Waals surface area contributed by atoms with Crippen molar-refractivity contribution in [3.05, 3.63) is 28.8 Å². The number of hydrogen-bond donors (Lipinski definition) is 1. The summed E-state index contributed by atoms with van der Waals surface area (Å²) in [4.78, 5) is 11.2. The lowest BCUT2D eigenvalue weighted by molar-refractivity contribution is 0.201. The molecule has 1 aromatic carbocycles. The Hall–Kier alpha value is -1.73. The van der Waals surface area contributed by atoms with Crippen LogP contribution in [0.15, 0.2) is 18.2 Å². The molecule has 0 aliphatic rings. The molecule has 0 saturated heterocycles. The maximum absolute atomic E-state index is 11.2. The van der Waals surface area contributed by atoms with Gasteiger partial charge in [0.05, 0.1) is 12.5 Å². The number of nitriles is 1. The minimum absolute atomic E-state index is 0.259. The van der Waals surface area contributed by atoms with E-state index in [-0.39, 0.29) is 13.0 Å². The van der Waals surface area contributed by atoms with Gasteiger partial charge in [-0.1, -0.05) is 11.6 Å². The molecule has 0 aliphatic carbocycles. The van der Waals surface area contributed by atoms with Gasteiger partial charge in [-0.15, -0.1) is 0 Å². The SMILES string of the molecule is Cc1cc(OC(=O)NCCC#N)ccc1Cl. The van der Waals surface area contributed by atoms with Crippen LogP contribution in [-0.2, 0) is 0 Å². The zero-order valence-electron chi connectivity index (χ0n) is 8.79. The van der Waals surface area contributed by atoms with Gasteiger partial charge in [0.15, 0.2) is 0 Å². The second-order valence-electron chi connectivity index (χ2n) is 3.14. The summed E-state index contributed by atoms with van der Waals surface area (Å²) in [6.45, 7) is 2.10. The number of ether oxygens (including phenoxy) is 1. The lowest BCUT2D eigenvalue weighted by Crippen LogP contribution is -2.27. The first-order valence-corrected chi connectivity index (χ1v) is 5.10. The number of rotatable bonds is 3. The molecule has 0 unspecified atom stereocenters. The van der Waals surface area contributed by atoms with Crippen LogP contribution in [0.3, 0.4) is 0 Å². The molecule has 0 fully saturated rings. The van der Waals surface area contributed by atoms with Gasteiger partial charge in [-0.2, -0.15) is 5.26 Å². The second-order valence-corrected chi connectivity index (χ2v) is 3.54. The van der Waals surface area contributed by atoms with Gasteiger partial charge >= 0.3 is 6.09 Å². The van der Waals surface area contributed by atoms with Crippen LogP contribution in [0.2, 0.25) is 5.02 Å². The predicted octanol–water partition coefficient (Wildman–Crippen LogP) is 2.65. The summed E-state index contributed by atoms with van der Waals surface area (Å²) in [6.07, 6.45) is -0.314. The highest BCUT2D eigenvalue weighted by molar-refractivity contribution is 6.31. The van der Waals surface area contributed by atoms with Crippen molar-refractivity contribution in [2.45, 2.75) is 13.3 Å². The standard InChI is InChI=1S/C11H11ClN2O2/c1-8-7-9(3-4-10(8)12)16-11(15)14-6-2-5-13/h3-4,7H,2,6H2,1H3,(H,14,15). The van der Waals surface area contributed by atoms with E-state index in [4.69, 9.17) is 21.6 Å². The largest absolute Gasteiger partial charge is 0.412 e. The van der Waals surface area contributed by atoms with Crippen molar-refractivity contribution in [2.24, 2.45) is 0 Å². The van der Waals surface area contributed by atoms with Crippen molar-refractivity contribution in [3.8, 4) is 11.8 Å². The van der Waals surface area contributed by atoms with Crippen LogP contribution in [0.4, 0.5) is 4.79 Å². The van der Waals surface area contributed by atoms with Crippen LogP contribution in [0, 0.1) is 18.3 Å². The fraction of sp³-hybridized carbons (Fsp3) is 0.273. The van der Waals surface area contributed by atoms with Crippen LogP contribution in [-0.4, -0.2) is 12.6 Å². The summed E-state index contributed by atoms with van der Waals surface area (Å²) in [5.41, 5.74) is 0.837. The Morgan fingerprint density at radius 3 is 3.00 bits per heavy atom. The van der Waals surface area contributed by atoms with Gasteiger partial charge in [0.2, 0.25) is 0 Å². The highest BCUT2D eigenvalue weighted by Gasteiger charge is 2.04. The Kier molecular flexibility index (Phi) is 4.62. The maximum atomic E-state index is 11.2. The molecule has 1 rings (SSSR count). The lowest BCUT2D eigenvalue weighted by Gasteiger charge is -2.06. The van der Waals surface area contributed by atoms with Crippen molar-refractivity contribution >= 4 is 17.7 Å². The molecule has 1 aromatic rings. The number of halogens is 1. The van der Waals surface area contributed by atoms with E-state index < -0.39 is 6.09 Å². The molecule has 0 aliphatic heterocycles. The fourth-order valence-electron chi connectivity index (χ4n) is 1.04. The highest BCUT2D eigenvalue weighted by atomic mass is 35.5.